The lowest BCUT2D eigenvalue weighted by molar-refractivity contribution is -0.122. The highest BCUT2D eigenvalue weighted by atomic mass is 16.1. The first-order chi connectivity index (χ1) is 10.3. The SMILES string of the molecule is O=C(CCC1CCCCC1)NC1CCC2CCCCC2C1. The molecule has 0 bridgehead atoms. The molecule has 0 aromatic heterocycles. The van der Waals surface area contributed by atoms with Crippen molar-refractivity contribution >= 4 is 5.91 Å². The smallest absolute Gasteiger partial charge is 0.220 e. The van der Waals surface area contributed by atoms with Crippen LogP contribution in [-0.4, -0.2) is 11.9 Å². The van der Waals surface area contributed by atoms with Gasteiger partial charge in [0.15, 0.2) is 0 Å². The second-order valence-electron chi connectivity index (χ2n) is 7.92. The van der Waals surface area contributed by atoms with Gasteiger partial charge in [-0.3, -0.25) is 4.79 Å². The summed E-state index contributed by atoms with van der Waals surface area (Å²) in [6.45, 7) is 0. The van der Waals surface area contributed by atoms with Crippen molar-refractivity contribution in [2.75, 3.05) is 0 Å². The summed E-state index contributed by atoms with van der Waals surface area (Å²) in [6.07, 6.45) is 18.4. The van der Waals surface area contributed by atoms with E-state index in [1.165, 1.54) is 77.0 Å². The van der Waals surface area contributed by atoms with Crippen LogP contribution in [0.2, 0.25) is 0 Å². The summed E-state index contributed by atoms with van der Waals surface area (Å²) < 4.78 is 0. The Morgan fingerprint density at radius 1 is 0.810 bits per heavy atom. The van der Waals surface area contributed by atoms with Gasteiger partial charge in [-0.15, -0.1) is 0 Å². The molecule has 0 spiro atoms. The molecule has 0 radical (unpaired) electrons. The van der Waals surface area contributed by atoms with Gasteiger partial charge in [0, 0.05) is 12.5 Å². The van der Waals surface area contributed by atoms with Gasteiger partial charge in [-0.25, -0.2) is 0 Å². The maximum absolute atomic E-state index is 12.2. The normalized spacial score (nSPS) is 34.2. The Balaban J connectivity index is 1.36. The van der Waals surface area contributed by atoms with E-state index in [0.717, 1.165) is 30.6 Å². The summed E-state index contributed by atoms with van der Waals surface area (Å²) >= 11 is 0. The molecule has 3 unspecified atom stereocenters. The lowest BCUT2D eigenvalue weighted by Gasteiger charge is -2.39. The Kier molecular flexibility index (Phi) is 5.60. The molecule has 0 heterocycles. The van der Waals surface area contributed by atoms with Gasteiger partial charge in [-0.2, -0.15) is 0 Å². The third kappa shape index (κ3) is 4.47. The average Bonchev–Trinajstić information content (AvgIpc) is 2.54. The minimum absolute atomic E-state index is 0.333. The van der Waals surface area contributed by atoms with Gasteiger partial charge in [0.2, 0.25) is 5.91 Å². The van der Waals surface area contributed by atoms with Crippen molar-refractivity contribution in [3.63, 3.8) is 0 Å². The average molecular weight is 291 g/mol. The van der Waals surface area contributed by atoms with E-state index in [2.05, 4.69) is 5.32 Å². The molecule has 1 N–H and O–H groups in total. The van der Waals surface area contributed by atoms with E-state index in [1.54, 1.807) is 0 Å². The minimum atomic E-state index is 0.333. The van der Waals surface area contributed by atoms with Crippen LogP contribution in [0.15, 0.2) is 0 Å². The highest BCUT2D eigenvalue weighted by molar-refractivity contribution is 5.76. The Morgan fingerprint density at radius 3 is 2.33 bits per heavy atom. The third-order valence-electron chi connectivity index (χ3n) is 6.41. The molecule has 3 saturated carbocycles. The number of nitrogens with one attached hydrogen (secondary N) is 1. The second kappa shape index (κ2) is 7.65. The maximum atomic E-state index is 12.2. The van der Waals surface area contributed by atoms with E-state index in [0.29, 0.717) is 11.9 Å². The molecule has 3 rings (SSSR count). The molecular formula is C19H33NO. The van der Waals surface area contributed by atoms with Gasteiger partial charge in [0.05, 0.1) is 0 Å². The molecule has 1 amide bonds. The zero-order valence-corrected chi connectivity index (χ0v) is 13.6. The molecule has 3 atom stereocenters. The lowest BCUT2D eigenvalue weighted by Crippen LogP contribution is -2.41. The molecule has 0 aromatic rings. The molecule has 21 heavy (non-hydrogen) atoms. The Morgan fingerprint density at radius 2 is 1.52 bits per heavy atom. The van der Waals surface area contributed by atoms with Gasteiger partial charge in [-0.1, -0.05) is 57.8 Å². The largest absolute Gasteiger partial charge is 0.353 e. The quantitative estimate of drug-likeness (QED) is 0.790. The van der Waals surface area contributed by atoms with Crippen LogP contribution in [0.1, 0.15) is 89.9 Å². The number of rotatable bonds is 4. The zero-order valence-electron chi connectivity index (χ0n) is 13.6. The number of carbonyl (C=O) groups is 1. The highest BCUT2D eigenvalue weighted by Gasteiger charge is 2.32. The van der Waals surface area contributed by atoms with E-state index in [1.807, 2.05) is 0 Å². The number of fused-ring (bicyclic) bond motifs is 1. The first kappa shape index (κ1) is 15.4. The zero-order chi connectivity index (χ0) is 14.5. The summed E-state index contributed by atoms with van der Waals surface area (Å²) in [4.78, 5) is 12.2. The number of hydrogen-bond donors (Lipinski definition) is 1. The highest BCUT2D eigenvalue weighted by Crippen LogP contribution is 2.40. The van der Waals surface area contributed by atoms with E-state index in [4.69, 9.17) is 0 Å². The van der Waals surface area contributed by atoms with Gasteiger partial charge in [-0.05, 0) is 43.4 Å². The summed E-state index contributed by atoms with van der Waals surface area (Å²) in [7, 11) is 0. The summed E-state index contributed by atoms with van der Waals surface area (Å²) in [6, 6.07) is 0.489. The van der Waals surface area contributed by atoms with Crippen molar-refractivity contribution in [2.24, 2.45) is 17.8 Å². The van der Waals surface area contributed by atoms with Crippen molar-refractivity contribution in [1.29, 1.82) is 0 Å². The summed E-state index contributed by atoms with van der Waals surface area (Å²) in [5.74, 6) is 3.06. The van der Waals surface area contributed by atoms with Crippen LogP contribution in [0.25, 0.3) is 0 Å². The molecule has 0 saturated heterocycles. The molecule has 0 aliphatic heterocycles. The molecule has 2 heteroatoms. The fourth-order valence-corrected chi connectivity index (χ4v) is 5.12. The van der Waals surface area contributed by atoms with Crippen LogP contribution in [0.5, 0.6) is 0 Å². The summed E-state index contributed by atoms with van der Waals surface area (Å²) in [5, 5.41) is 3.35. The molecule has 3 aliphatic rings. The van der Waals surface area contributed by atoms with Crippen LogP contribution < -0.4 is 5.32 Å². The maximum Gasteiger partial charge on any atom is 0.220 e. The predicted molar refractivity (Wildman–Crippen MR) is 87.0 cm³/mol. The fourth-order valence-electron chi connectivity index (χ4n) is 5.12. The third-order valence-corrected chi connectivity index (χ3v) is 6.41. The molecule has 0 aromatic carbocycles. The number of carbonyl (C=O) groups excluding carboxylic acids is 1. The molecule has 3 aliphatic carbocycles. The van der Waals surface area contributed by atoms with Gasteiger partial charge in [0.25, 0.3) is 0 Å². The van der Waals surface area contributed by atoms with E-state index in [9.17, 15) is 4.79 Å². The lowest BCUT2D eigenvalue weighted by atomic mass is 9.69. The van der Waals surface area contributed by atoms with Gasteiger partial charge >= 0.3 is 0 Å². The van der Waals surface area contributed by atoms with E-state index in [-0.39, 0.29) is 0 Å². The first-order valence-electron chi connectivity index (χ1n) is 9.60. The van der Waals surface area contributed by atoms with Crippen LogP contribution >= 0.6 is 0 Å². The first-order valence-corrected chi connectivity index (χ1v) is 9.60. The van der Waals surface area contributed by atoms with Crippen LogP contribution in [0.3, 0.4) is 0 Å². The van der Waals surface area contributed by atoms with Crippen LogP contribution in [-0.2, 0) is 4.79 Å². The van der Waals surface area contributed by atoms with E-state index >= 15 is 0 Å². The predicted octanol–water partition coefficient (Wildman–Crippen LogP) is 4.82. The van der Waals surface area contributed by atoms with Crippen LogP contribution in [0, 0.1) is 17.8 Å². The van der Waals surface area contributed by atoms with Crippen molar-refractivity contribution in [3.8, 4) is 0 Å². The Hall–Kier alpha value is -0.530. The van der Waals surface area contributed by atoms with Crippen molar-refractivity contribution in [3.05, 3.63) is 0 Å². The summed E-state index contributed by atoms with van der Waals surface area (Å²) in [5.41, 5.74) is 0. The van der Waals surface area contributed by atoms with Crippen molar-refractivity contribution in [2.45, 2.75) is 95.9 Å². The molecule has 2 nitrogen and oxygen atoms in total. The van der Waals surface area contributed by atoms with Gasteiger partial charge in [0.1, 0.15) is 0 Å². The second-order valence-corrected chi connectivity index (χ2v) is 7.92. The topological polar surface area (TPSA) is 29.1 Å². The van der Waals surface area contributed by atoms with Crippen molar-refractivity contribution in [1.82, 2.24) is 5.32 Å². The Labute approximate surface area is 130 Å². The van der Waals surface area contributed by atoms with Crippen molar-refractivity contribution < 1.29 is 4.79 Å². The minimum Gasteiger partial charge on any atom is -0.353 e. The number of amides is 1. The Bertz CT molecular complexity index is 334. The van der Waals surface area contributed by atoms with E-state index < -0.39 is 0 Å². The fraction of sp³-hybridized carbons (Fsp3) is 0.947. The number of hydrogen-bond acceptors (Lipinski definition) is 1. The standard InChI is InChI=1S/C19H33NO/c21-19(13-10-15-6-2-1-3-7-15)20-18-12-11-16-8-4-5-9-17(16)14-18/h15-18H,1-14H2,(H,20,21). The van der Waals surface area contributed by atoms with Gasteiger partial charge < -0.3 is 5.32 Å². The van der Waals surface area contributed by atoms with Crippen LogP contribution in [0.4, 0.5) is 0 Å². The molecular weight excluding hydrogens is 258 g/mol. The molecule has 120 valence electrons. The monoisotopic (exact) mass is 291 g/mol. The molecule has 3 fully saturated rings.